The minimum absolute atomic E-state index is 0.601. The largest absolute Gasteiger partial charge is 0.305 e. The highest BCUT2D eigenvalue weighted by molar-refractivity contribution is 5.69. The summed E-state index contributed by atoms with van der Waals surface area (Å²) in [5, 5.41) is 14.0. The molecule has 0 saturated heterocycles. The van der Waals surface area contributed by atoms with Gasteiger partial charge in [-0.2, -0.15) is 0 Å². The van der Waals surface area contributed by atoms with E-state index in [1.54, 1.807) is 12.5 Å². The predicted octanol–water partition coefficient (Wildman–Crippen LogP) is 2.99. The first-order valence-corrected chi connectivity index (χ1v) is 8.21. The van der Waals surface area contributed by atoms with Crippen molar-refractivity contribution in [3.05, 3.63) is 60.8 Å². The number of nitrogens with zero attached hydrogens (tertiary/aromatic N) is 6. The van der Waals surface area contributed by atoms with Crippen molar-refractivity contribution >= 4 is 0 Å². The van der Waals surface area contributed by atoms with Crippen LogP contribution in [0.1, 0.15) is 24.3 Å². The Bertz CT molecular complexity index is 985. The Hall–Kier alpha value is -3.35. The van der Waals surface area contributed by atoms with Crippen LogP contribution in [-0.2, 0) is 0 Å². The summed E-state index contributed by atoms with van der Waals surface area (Å²) in [5.74, 6) is 1.27. The normalized spacial score (nSPS) is 13.9. The molecule has 25 heavy (non-hydrogen) atoms. The lowest BCUT2D eigenvalue weighted by Crippen LogP contribution is -1.97. The van der Waals surface area contributed by atoms with E-state index in [-0.39, 0.29) is 0 Å². The number of hydrogen-bond acceptors (Lipinski definition) is 5. The number of imidazole rings is 1. The molecule has 5 rings (SSSR count). The number of pyridine rings is 1. The molecule has 7 nitrogen and oxygen atoms in total. The molecule has 1 fully saturated rings. The number of benzene rings is 1. The Labute approximate surface area is 143 Å². The summed E-state index contributed by atoms with van der Waals surface area (Å²) in [6, 6.07) is 10.4. The Morgan fingerprint density at radius 2 is 1.92 bits per heavy atom. The van der Waals surface area contributed by atoms with E-state index in [9.17, 15) is 0 Å². The van der Waals surface area contributed by atoms with E-state index in [1.165, 1.54) is 18.4 Å². The lowest BCUT2D eigenvalue weighted by molar-refractivity contribution is 0.881. The highest BCUT2D eigenvalue weighted by atomic mass is 15.5. The second-order valence-corrected chi connectivity index (χ2v) is 6.20. The number of H-pyrrole nitrogens is 1. The maximum Gasteiger partial charge on any atom is 0.179 e. The van der Waals surface area contributed by atoms with Crippen molar-refractivity contribution in [2.75, 3.05) is 0 Å². The maximum absolute atomic E-state index is 4.76. The van der Waals surface area contributed by atoms with Crippen LogP contribution in [0.3, 0.4) is 0 Å². The zero-order chi connectivity index (χ0) is 16.6. The van der Waals surface area contributed by atoms with Crippen LogP contribution in [0, 0.1) is 0 Å². The van der Waals surface area contributed by atoms with E-state index in [0.717, 1.165) is 22.5 Å². The van der Waals surface area contributed by atoms with Crippen molar-refractivity contribution in [3.8, 4) is 28.3 Å². The number of hydrogen-bond donors (Lipinski definition) is 1. The molecule has 122 valence electrons. The molecule has 0 bridgehead atoms. The maximum atomic E-state index is 4.76. The molecule has 1 saturated carbocycles. The van der Waals surface area contributed by atoms with Crippen molar-refractivity contribution < 1.29 is 0 Å². The van der Waals surface area contributed by atoms with Crippen LogP contribution in [0.2, 0.25) is 0 Å². The molecule has 1 aliphatic carbocycles. The summed E-state index contributed by atoms with van der Waals surface area (Å²) in [6.07, 6.45) is 9.87. The monoisotopic (exact) mass is 329 g/mol. The minimum Gasteiger partial charge on any atom is -0.305 e. The van der Waals surface area contributed by atoms with Crippen molar-refractivity contribution in [3.63, 3.8) is 0 Å². The van der Waals surface area contributed by atoms with E-state index in [0.29, 0.717) is 11.7 Å². The number of rotatable bonds is 4. The SMILES string of the molecule is c1cn(-c2cnc(-c3ccc(-c4nnn[nH]4)cc3)c(C3CC3)c2)cn1. The smallest absolute Gasteiger partial charge is 0.179 e. The Morgan fingerprint density at radius 1 is 1.08 bits per heavy atom. The van der Waals surface area contributed by atoms with Crippen LogP contribution in [0.25, 0.3) is 28.3 Å². The van der Waals surface area contributed by atoms with Crippen LogP contribution in [-0.4, -0.2) is 35.2 Å². The molecule has 7 heteroatoms. The molecule has 0 radical (unpaired) electrons. The topological polar surface area (TPSA) is 85.2 Å². The molecule has 0 unspecified atom stereocenters. The summed E-state index contributed by atoms with van der Waals surface area (Å²) < 4.78 is 1.99. The van der Waals surface area contributed by atoms with Gasteiger partial charge in [-0.3, -0.25) is 4.98 Å². The average molecular weight is 329 g/mol. The fourth-order valence-electron chi connectivity index (χ4n) is 3.04. The predicted molar refractivity (Wildman–Crippen MR) is 91.9 cm³/mol. The van der Waals surface area contributed by atoms with Gasteiger partial charge in [0.1, 0.15) is 0 Å². The van der Waals surface area contributed by atoms with Gasteiger partial charge in [0.15, 0.2) is 5.82 Å². The van der Waals surface area contributed by atoms with Gasteiger partial charge in [-0.15, -0.1) is 5.10 Å². The summed E-state index contributed by atoms with van der Waals surface area (Å²) in [4.78, 5) is 8.88. The first-order chi connectivity index (χ1) is 12.4. The van der Waals surface area contributed by atoms with Gasteiger partial charge in [0.05, 0.1) is 23.9 Å². The summed E-state index contributed by atoms with van der Waals surface area (Å²) in [6.45, 7) is 0. The molecule has 1 aliphatic rings. The highest BCUT2D eigenvalue weighted by Gasteiger charge is 2.27. The summed E-state index contributed by atoms with van der Waals surface area (Å²) >= 11 is 0. The fourth-order valence-corrected chi connectivity index (χ4v) is 3.04. The van der Waals surface area contributed by atoms with Gasteiger partial charge < -0.3 is 4.57 Å². The average Bonchev–Trinajstić information content (AvgIpc) is 3.13. The second kappa shape index (κ2) is 5.62. The molecule has 4 aromatic rings. The zero-order valence-electron chi connectivity index (χ0n) is 13.4. The summed E-state index contributed by atoms with van der Waals surface area (Å²) in [5.41, 5.74) is 5.47. The van der Waals surface area contributed by atoms with Crippen molar-refractivity contribution in [2.45, 2.75) is 18.8 Å². The molecule has 3 heterocycles. The minimum atomic E-state index is 0.601. The van der Waals surface area contributed by atoms with Crippen LogP contribution >= 0.6 is 0 Å². The molecule has 0 atom stereocenters. The fraction of sp³-hybridized carbons (Fsp3) is 0.167. The van der Waals surface area contributed by atoms with E-state index in [2.05, 4.69) is 43.8 Å². The van der Waals surface area contributed by atoms with Gasteiger partial charge in [0, 0.05) is 23.5 Å². The van der Waals surface area contributed by atoms with Gasteiger partial charge in [-0.25, -0.2) is 10.1 Å². The highest BCUT2D eigenvalue weighted by Crippen LogP contribution is 2.44. The molecular weight excluding hydrogens is 314 g/mol. The number of tetrazole rings is 1. The third-order valence-electron chi connectivity index (χ3n) is 4.50. The molecule has 3 aromatic heterocycles. The lowest BCUT2D eigenvalue weighted by Gasteiger charge is -2.11. The van der Waals surface area contributed by atoms with Crippen molar-refractivity contribution in [2.24, 2.45) is 0 Å². The Kier molecular flexibility index (Phi) is 3.16. The van der Waals surface area contributed by atoms with E-state index < -0.39 is 0 Å². The molecule has 0 aliphatic heterocycles. The second-order valence-electron chi connectivity index (χ2n) is 6.20. The number of aromatic nitrogens is 7. The lowest BCUT2D eigenvalue weighted by atomic mass is 10.0. The van der Waals surface area contributed by atoms with E-state index in [1.807, 2.05) is 29.1 Å². The molecule has 0 spiro atoms. The number of nitrogens with one attached hydrogen (secondary N) is 1. The van der Waals surface area contributed by atoms with Crippen LogP contribution < -0.4 is 0 Å². The van der Waals surface area contributed by atoms with E-state index in [4.69, 9.17) is 4.98 Å². The number of aromatic amines is 1. The molecule has 0 amide bonds. The molecular formula is C18H15N7. The first kappa shape index (κ1) is 14.0. The van der Waals surface area contributed by atoms with Gasteiger partial charge in [-0.05, 0) is 40.8 Å². The summed E-state index contributed by atoms with van der Waals surface area (Å²) in [7, 11) is 0. The third kappa shape index (κ3) is 2.59. The Balaban J connectivity index is 1.55. The third-order valence-corrected chi connectivity index (χ3v) is 4.50. The van der Waals surface area contributed by atoms with Crippen molar-refractivity contribution in [1.82, 2.24) is 35.2 Å². The van der Waals surface area contributed by atoms with Gasteiger partial charge in [0.2, 0.25) is 0 Å². The van der Waals surface area contributed by atoms with Crippen LogP contribution in [0.4, 0.5) is 0 Å². The quantitative estimate of drug-likeness (QED) is 0.622. The van der Waals surface area contributed by atoms with Crippen LogP contribution in [0.15, 0.2) is 55.2 Å². The van der Waals surface area contributed by atoms with Gasteiger partial charge >= 0.3 is 0 Å². The van der Waals surface area contributed by atoms with Gasteiger partial charge in [-0.1, -0.05) is 24.3 Å². The van der Waals surface area contributed by atoms with Crippen LogP contribution in [0.5, 0.6) is 0 Å². The van der Waals surface area contributed by atoms with E-state index >= 15 is 0 Å². The molecule has 1 aromatic carbocycles. The zero-order valence-corrected chi connectivity index (χ0v) is 13.4. The van der Waals surface area contributed by atoms with Crippen molar-refractivity contribution in [1.29, 1.82) is 0 Å². The van der Waals surface area contributed by atoms with Gasteiger partial charge in [0.25, 0.3) is 0 Å². The molecule has 1 N–H and O–H groups in total. The first-order valence-electron chi connectivity index (χ1n) is 8.21. The standard InChI is InChI=1S/C18H15N7/c1-2-12(1)16-9-15(25-8-7-19-11-25)10-20-17(16)13-3-5-14(6-4-13)18-21-23-24-22-18/h3-12H,1-2H2,(H,21,22,23,24). The Morgan fingerprint density at radius 3 is 2.60 bits per heavy atom.